The molecule has 0 amide bonds. The Bertz CT molecular complexity index is 513. The average Bonchev–Trinajstić information content (AvgIpc) is 2.33. The molecule has 0 spiro atoms. The maximum atomic E-state index is 5.78. The summed E-state index contributed by atoms with van der Waals surface area (Å²) in [6.07, 6.45) is 0. The van der Waals surface area contributed by atoms with E-state index in [1.54, 1.807) is 0 Å². The second-order valence-electron chi connectivity index (χ2n) is 3.57. The molecule has 0 radical (unpaired) electrons. The van der Waals surface area contributed by atoms with Crippen molar-refractivity contribution in [2.45, 2.75) is 6.61 Å². The molecule has 88 valence electrons. The van der Waals surface area contributed by atoms with Gasteiger partial charge in [-0.05, 0) is 68.3 Å². The van der Waals surface area contributed by atoms with Crippen LogP contribution < -0.4 is 10.5 Å². The number of benzene rings is 2. The van der Waals surface area contributed by atoms with Gasteiger partial charge in [0.1, 0.15) is 12.4 Å². The lowest BCUT2D eigenvalue weighted by Crippen LogP contribution is -1.97. The minimum atomic E-state index is 0.541. The van der Waals surface area contributed by atoms with Crippen molar-refractivity contribution in [2.24, 2.45) is 0 Å². The topological polar surface area (TPSA) is 35.2 Å². The summed E-state index contributed by atoms with van der Waals surface area (Å²) in [5.74, 6) is 0.767. The maximum absolute atomic E-state index is 5.78. The van der Waals surface area contributed by atoms with Gasteiger partial charge in [-0.25, -0.2) is 0 Å². The molecule has 0 fully saturated rings. The van der Waals surface area contributed by atoms with Crippen molar-refractivity contribution >= 4 is 44.2 Å². The van der Waals surface area contributed by atoms with E-state index in [4.69, 9.17) is 10.5 Å². The summed E-state index contributed by atoms with van der Waals surface area (Å²) in [6.45, 7) is 0.541. The highest BCUT2D eigenvalue weighted by atomic mass is 127. The molecule has 2 nitrogen and oxygen atoms in total. The van der Waals surface area contributed by atoms with Gasteiger partial charge < -0.3 is 10.5 Å². The number of nitrogens with two attached hydrogens (primary N) is 1. The van der Waals surface area contributed by atoms with Crippen molar-refractivity contribution in [1.29, 1.82) is 0 Å². The first-order valence-corrected chi connectivity index (χ1v) is 6.95. The molecule has 2 aromatic rings. The molecule has 0 aliphatic rings. The van der Waals surface area contributed by atoms with Crippen LogP contribution in [-0.4, -0.2) is 0 Å². The predicted molar refractivity (Wildman–Crippen MR) is 82.0 cm³/mol. The molecular formula is C13H11BrINO. The molecule has 0 heterocycles. The van der Waals surface area contributed by atoms with E-state index in [1.807, 2.05) is 18.2 Å². The normalized spacial score (nSPS) is 10.2. The van der Waals surface area contributed by atoms with E-state index in [0.717, 1.165) is 15.8 Å². The third-order valence-electron chi connectivity index (χ3n) is 2.30. The van der Waals surface area contributed by atoms with Crippen molar-refractivity contribution in [3.05, 3.63) is 56.1 Å². The lowest BCUT2D eigenvalue weighted by atomic mass is 10.2. The minimum absolute atomic E-state index is 0.541. The van der Waals surface area contributed by atoms with Crippen LogP contribution in [0.5, 0.6) is 5.75 Å². The molecular weight excluding hydrogens is 393 g/mol. The van der Waals surface area contributed by atoms with Crippen LogP contribution in [0.3, 0.4) is 0 Å². The van der Waals surface area contributed by atoms with Crippen molar-refractivity contribution in [3.63, 3.8) is 0 Å². The number of nitrogen functional groups attached to an aromatic ring is 1. The third-order valence-corrected chi connectivity index (χ3v) is 3.87. The maximum Gasteiger partial charge on any atom is 0.136 e. The molecule has 0 atom stereocenters. The van der Waals surface area contributed by atoms with Crippen LogP contribution in [0.1, 0.15) is 5.56 Å². The Morgan fingerprint density at radius 1 is 1.12 bits per heavy atom. The summed E-state index contributed by atoms with van der Waals surface area (Å²) in [5, 5.41) is 0. The van der Waals surface area contributed by atoms with E-state index in [2.05, 4.69) is 62.8 Å². The third kappa shape index (κ3) is 3.35. The molecule has 2 N–H and O–H groups in total. The second kappa shape index (κ2) is 5.73. The molecule has 2 rings (SSSR count). The van der Waals surface area contributed by atoms with Crippen LogP contribution in [-0.2, 0) is 6.61 Å². The standard InChI is InChI=1S/C13H11BrINO/c14-13-11(16)2-1-3-12(13)17-8-9-4-6-10(15)7-5-9/h1-7H,8,16H2. The van der Waals surface area contributed by atoms with Crippen LogP contribution in [0.2, 0.25) is 0 Å². The Morgan fingerprint density at radius 2 is 1.82 bits per heavy atom. The van der Waals surface area contributed by atoms with Gasteiger partial charge >= 0.3 is 0 Å². The van der Waals surface area contributed by atoms with Crippen LogP contribution in [0.4, 0.5) is 5.69 Å². The number of anilines is 1. The van der Waals surface area contributed by atoms with Crippen molar-refractivity contribution in [2.75, 3.05) is 5.73 Å². The van der Waals surface area contributed by atoms with Crippen molar-refractivity contribution in [1.82, 2.24) is 0 Å². The number of hydrogen-bond acceptors (Lipinski definition) is 2. The zero-order valence-corrected chi connectivity index (χ0v) is 12.7. The summed E-state index contributed by atoms with van der Waals surface area (Å²) in [4.78, 5) is 0. The van der Waals surface area contributed by atoms with Gasteiger partial charge in [-0.15, -0.1) is 0 Å². The molecule has 0 saturated heterocycles. The van der Waals surface area contributed by atoms with Gasteiger partial charge in [0, 0.05) is 9.26 Å². The molecule has 17 heavy (non-hydrogen) atoms. The SMILES string of the molecule is Nc1cccc(OCc2ccc(I)cc2)c1Br. The summed E-state index contributed by atoms with van der Waals surface area (Å²) in [5.41, 5.74) is 7.61. The second-order valence-corrected chi connectivity index (χ2v) is 5.61. The Balaban J connectivity index is 2.07. The van der Waals surface area contributed by atoms with Crippen LogP contribution in [0.15, 0.2) is 46.9 Å². The Morgan fingerprint density at radius 3 is 2.53 bits per heavy atom. The van der Waals surface area contributed by atoms with Crippen LogP contribution in [0.25, 0.3) is 0 Å². The van der Waals surface area contributed by atoms with Crippen LogP contribution >= 0.6 is 38.5 Å². The Hall–Kier alpha value is -0.750. The fourth-order valence-corrected chi connectivity index (χ4v) is 2.12. The summed E-state index contributed by atoms with van der Waals surface area (Å²) in [6, 6.07) is 13.9. The molecule has 0 aliphatic heterocycles. The zero-order chi connectivity index (χ0) is 12.3. The smallest absolute Gasteiger partial charge is 0.136 e. The average molecular weight is 404 g/mol. The van der Waals surface area contributed by atoms with Gasteiger partial charge in [0.15, 0.2) is 0 Å². The molecule has 2 aromatic carbocycles. The van der Waals surface area contributed by atoms with E-state index >= 15 is 0 Å². The monoisotopic (exact) mass is 403 g/mol. The molecule has 4 heteroatoms. The highest BCUT2D eigenvalue weighted by molar-refractivity contribution is 14.1. The Kier molecular flexibility index (Phi) is 4.28. The van der Waals surface area contributed by atoms with Gasteiger partial charge in [-0.2, -0.15) is 0 Å². The zero-order valence-electron chi connectivity index (χ0n) is 8.99. The number of ether oxygens (including phenoxy) is 1. The molecule has 0 aliphatic carbocycles. The van der Waals surface area contributed by atoms with Crippen molar-refractivity contribution in [3.8, 4) is 5.75 Å². The van der Waals surface area contributed by atoms with Gasteiger partial charge in [-0.1, -0.05) is 18.2 Å². The van der Waals surface area contributed by atoms with E-state index in [1.165, 1.54) is 3.57 Å². The Labute approximate surface area is 122 Å². The van der Waals surface area contributed by atoms with E-state index in [9.17, 15) is 0 Å². The summed E-state index contributed by atoms with van der Waals surface area (Å²) < 4.78 is 7.74. The van der Waals surface area contributed by atoms with Gasteiger partial charge in [-0.3, -0.25) is 0 Å². The highest BCUT2D eigenvalue weighted by Crippen LogP contribution is 2.30. The lowest BCUT2D eigenvalue weighted by Gasteiger charge is -2.09. The van der Waals surface area contributed by atoms with Gasteiger partial charge in [0.05, 0.1) is 4.47 Å². The quantitative estimate of drug-likeness (QED) is 0.615. The van der Waals surface area contributed by atoms with Gasteiger partial charge in [0.25, 0.3) is 0 Å². The number of hydrogen-bond donors (Lipinski definition) is 1. The number of halogens is 2. The lowest BCUT2D eigenvalue weighted by molar-refractivity contribution is 0.304. The first kappa shape index (κ1) is 12.7. The fourth-order valence-electron chi connectivity index (χ4n) is 1.38. The molecule has 0 unspecified atom stereocenters. The fraction of sp³-hybridized carbons (Fsp3) is 0.0769. The first-order chi connectivity index (χ1) is 8.16. The predicted octanol–water partition coefficient (Wildman–Crippen LogP) is 4.21. The first-order valence-electron chi connectivity index (χ1n) is 5.08. The number of rotatable bonds is 3. The van der Waals surface area contributed by atoms with E-state index < -0.39 is 0 Å². The summed E-state index contributed by atoms with van der Waals surface area (Å²) >= 11 is 5.70. The van der Waals surface area contributed by atoms with Crippen molar-refractivity contribution < 1.29 is 4.74 Å². The molecule has 0 aromatic heterocycles. The van der Waals surface area contributed by atoms with Crippen LogP contribution in [0, 0.1) is 3.57 Å². The van der Waals surface area contributed by atoms with Gasteiger partial charge in [0.2, 0.25) is 0 Å². The van der Waals surface area contributed by atoms with E-state index in [0.29, 0.717) is 12.3 Å². The summed E-state index contributed by atoms with van der Waals surface area (Å²) in [7, 11) is 0. The minimum Gasteiger partial charge on any atom is -0.488 e. The highest BCUT2D eigenvalue weighted by Gasteiger charge is 2.04. The van der Waals surface area contributed by atoms with E-state index in [-0.39, 0.29) is 0 Å². The largest absolute Gasteiger partial charge is 0.488 e. The molecule has 0 bridgehead atoms. The molecule has 0 saturated carbocycles.